The summed E-state index contributed by atoms with van der Waals surface area (Å²) in [5, 5.41) is 1.72. The van der Waals surface area contributed by atoms with Crippen molar-refractivity contribution in [2.24, 2.45) is 0 Å². The minimum absolute atomic E-state index is 0.0113. The topological polar surface area (TPSA) is 15.7 Å². The number of thiophene rings is 1. The smallest absolute Gasteiger partial charge is 0.130 e. The molecule has 0 radical (unpaired) electrons. The van der Waals surface area contributed by atoms with E-state index in [2.05, 4.69) is 204 Å². The van der Waals surface area contributed by atoms with Gasteiger partial charge in [-0.25, -0.2) is 0 Å². The van der Waals surface area contributed by atoms with Crippen LogP contribution in [0.5, 0.6) is 5.75 Å². The third kappa shape index (κ3) is 5.26. The number of allylic oxidation sites excluding steroid dienone is 2. The van der Waals surface area contributed by atoms with Crippen molar-refractivity contribution in [2.75, 3.05) is 9.80 Å². The van der Waals surface area contributed by atoms with Crippen molar-refractivity contribution < 1.29 is 4.74 Å². The van der Waals surface area contributed by atoms with Gasteiger partial charge in [0.2, 0.25) is 0 Å². The Morgan fingerprint density at radius 1 is 0.561 bits per heavy atom. The van der Waals surface area contributed by atoms with Crippen molar-refractivity contribution in [3.8, 4) is 28.0 Å². The molecule has 8 aromatic rings. The van der Waals surface area contributed by atoms with Gasteiger partial charge in [0.05, 0.1) is 28.9 Å². The zero-order valence-electron chi connectivity index (χ0n) is 30.9. The van der Waals surface area contributed by atoms with E-state index < -0.39 is 0 Å². The normalized spacial score (nSPS) is 19.6. The SMILES string of the molecule is C1=CC(N(c2ccc(-c3ccc(-c4ccccc4)cc3)cc2)c2ccc(N3c4c(sc5ccccc45)C4Sc5ccccc5C43)cc2)C2C(=C1)Oc1ccccc12. The van der Waals surface area contributed by atoms with Gasteiger partial charge in [0.25, 0.3) is 0 Å². The van der Waals surface area contributed by atoms with Crippen LogP contribution in [-0.2, 0) is 0 Å². The van der Waals surface area contributed by atoms with Crippen molar-refractivity contribution >= 4 is 55.9 Å². The van der Waals surface area contributed by atoms with E-state index in [4.69, 9.17) is 4.74 Å². The Morgan fingerprint density at radius 3 is 1.95 bits per heavy atom. The van der Waals surface area contributed by atoms with E-state index >= 15 is 0 Å². The van der Waals surface area contributed by atoms with E-state index in [0.717, 1.165) is 22.9 Å². The predicted molar refractivity (Wildman–Crippen MR) is 238 cm³/mol. The van der Waals surface area contributed by atoms with Crippen LogP contribution in [0, 0.1) is 0 Å². The van der Waals surface area contributed by atoms with Crippen LogP contribution in [0.4, 0.5) is 22.7 Å². The molecule has 4 atom stereocenters. The predicted octanol–water partition coefficient (Wildman–Crippen LogP) is 14.4. The summed E-state index contributed by atoms with van der Waals surface area (Å²) in [5.74, 6) is 2.02. The van der Waals surface area contributed by atoms with E-state index in [9.17, 15) is 0 Å². The third-order valence-corrected chi connectivity index (χ3v) is 14.8. The molecule has 57 heavy (non-hydrogen) atoms. The lowest BCUT2D eigenvalue weighted by Gasteiger charge is -2.37. The standard InChI is InChI=1S/C52H36N2OS2/c1-2-11-33(12-3-1)34-21-23-35(24-22-34)36-25-27-37(28-26-36)53(43-16-10-18-45-48(43)40-13-4-7-17-44(40)55-45)38-29-31-39(32-30-38)54-49-41-14-5-8-19-46(41)56-51(49)52-50(54)42-15-6-9-20-47(42)57-52/h1-32,43,48-49,51H. The highest BCUT2D eigenvalue weighted by Crippen LogP contribution is 2.67. The zero-order chi connectivity index (χ0) is 37.5. The molecule has 12 rings (SSSR count). The van der Waals surface area contributed by atoms with E-state index in [-0.39, 0.29) is 18.0 Å². The van der Waals surface area contributed by atoms with Crippen molar-refractivity contribution in [1.82, 2.24) is 0 Å². The monoisotopic (exact) mass is 768 g/mol. The molecule has 3 aliphatic heterocycles. The second-order valence-electron chi connectivity index (χ2n) is 15.1. The van der Waals surface area contributed by atoms with Gasteiger partial charge in [-0.2, -0.15) is 0 Å². The number of ether oxygens (including phenoxy) is 1. The maximum Gasteiger partial charge on any atom is 0.130 e. The molecule has 4 heterocycles. The molecule has 1 aromatic heterocycles. The van der Waals surface area contributed by atoms with Crippen LogP contribution in [-0.4, -0.2) is 6.04 Å². The third-order valence-electron chi connectivity index (χ3n) is 12.0. The average molecular weight is 769 g/mol. The first kappa shape index (κ1) is 32.9. The lowest BCUT2D eigenvalue weighted by molar-refractivity contribution is 0.415. The molecule has 0 spiro atoms. The van der Waals surface area contributed by atoms with Gasteiger partial charge in [-0.15, -0.1) is 23.1 Å². The van der Waals surface area contributed by atoms with Crippen molar-refractivity contribution in [2.45, 2.75) is 28.1 Å². The number of benzene rings is 7. The summed E-state index contributed by atoms with van der Waals surface area (Å²) in [6.07, 6.45) is 6.63. The summed E-state index contributed by atoms with van der Waals surface area (Å²) in [5.41, 5.74) is 12.4. The maximum absolute atomic E-state index is 6.47. The van der Waals surface area contributed by atoms with Gasteiger partial charge < -0.3 is 14.5 Å². The van der Waals surface area contributed by atoms with Crippen LogP contribution >= 0.6 is 23.1 Å². The van der Waals surface area contributed by atoms with Gasteiger partial charge in [-0.3, -0.25) is 0 Å². The number of hydrogen-bond acceptors (Lipinski definition) is 5. The molecule has 4 aliphatic rings. The van der Waals surface area contributed by atoms with Crippen LogP contribution in [0.15, 0.2) is 205 Å². The number of para-hydroxylation sites is 1. The van der Waals surface area contributed by atoms with Crippen LogP contribution in [0.25, 0.3) is 32.3 Å². The second-order valence-corrected chi connectivity index (χ2v) is 17.4. The Kier molecular flexibility index (Phi) is 7.60. The average Bonchev–Trinajstić information content (AvgIpc) is 4.03. The molecular formula is C52H36N2OS2. The maximum atomic E-state index is 6.47. The Hall–Kier alpha value is -6.27. The minimum Gasteiger partial charge on any atom is -0.461 e. The van der Waals surface area contributed by atoms with E-state index in [1.807, 2.05) is 23.1 Å². The van der Waals surface area contributed by atoms with E-state index in [1.54, 1.807) is 0 Å². The van der Waals surface area contributed by atoms with Gasteiger partial charge >= 0.3 is 0 Å². The van der Waals surface area contributed by atoms with Crippen LogP contribution < -0.4 is 14.5 Å². The molecule has 0 amide bonds. The highest BCUT2D eigenvalue weighted by atomic mass is 32.2. The molecule has 7 aromatic carbocycles. The number of nitrogens with zero attached hydrogens (tertiary/aromatic N) is 2. The summed E-state index contributed by atoms with van der Waals surface area (Å²) in [4.78, 5) is 8.01. The van der Waals surface area contributed by atoms with Crippen LogP contribution in [0.2, 0.25) is 0 Å². The highest BCUT2D eigenvalue weighted by Gasteiger charge is 2.48. The number of fused-ring (bicyclic) bond motifs is 10. The Balaban J connectivity index is 0.944. The van der Waals surface area contributed by atoms with Gasteiger partial charge in [0.15, 0.2) is 0 Å². The lowest BCUT2D eigenvalue weighted by Crippen LogP contribution is -2.36. The van der Waals surface area contributed by atoms with Crippen molar-refractivity contribution in [1.29, 1.82) is 0 Å². The second kappa shape index (κ2) is 13.2. The first-order valence-corrected chi connectivity index (χ1v) is 21.3. The molecule has 0 fully saturated rings. The Labute approximate surface area is 340 Å². The molecule has 0 saturated carbocycles. The highest BCUT2D eigenvalue weighted by molar-refractivity contribution is 8.00. The van der Waals surface area contributed by atoms with E-state index in [1.165, 1.54) is 64.6 Å². The number of thioether (sulfide) groups is 1. The number of rotatable bonds is 6. The molecule has 5 heteroatoms. The Morgan fingerprint density at radius 2 is 1.18 bits per heavy atom. The molecule has 272 valence electrons. The lowest BCUT2D eigenvalue weighted by atomic mass is 9.86. The number of hydrogen-bond donors (Lipinski definition) is 0. The summed E-state index contributed by atoms with van der Waals surface area (Å²) >= 11 is 3.99. The van der Waals surface area contributed by atoms with Crippen LogP contribution in [0.1, 0.15) is 33.2 Å². The Bertz CT molecular complexity index is 2880. The molecule has 0 saturated heterocycles. The minimum atomic E-state index is 0.0113. The van der Waals surface area contributed by atoms with Gasteiger partial charge in [-0.05, 0) is 88.5 Å². The van der Waals surface area contributed by atoms with Crippen molar-refractivity contribution in [3.05, 3.63) is 216 Å². The molecule has 3 nitrogen and oxygen atoms in total. The summed E-state index contributed by atoms with van der Waals surface area (Å²) in [6.45, 7) is 0. The first-order valence-electron chi connectivity index (χ1n) is 19.6. The summed E-state index contributed by atoms with van der Waals surface area (Å²) in [6, 6.07) is 64.6. The fourth-order valence-corrected chi connectivity index (χ4v) is 12.3. The molecular weight excluding hydrogens is 733 g/mol. The quantitative estimate of drug-likeness (QED) is 0.167. The molecule has 4 unspecified atom stereocenters. The summed E-state index contributed by atoms with van der Waals surface area (Å²) < 4.78 is 7.83. The van der Waals surface area contributed by atoms with E-state index in [0.29, 0.717) is 5.25 Å². The fourth-order valence-electron chi connectivity index (χ4n) is 9.43. The summed E-state index contributed by atoms with van der Waals surface area (Å²) in [7, 11) is 0. The fraction of sp³-hybridized carbons (Fsp3) is 0.0769. The van der Waals surface area contributed by atoms with Gasteiger partial charge in [-0.1, -0.05) is 133 Å². The number of anilines is 4. The first-order chi connectivity index (χ1) is 28.3. The van der Waals surface area contributed by atoms with Gasteiger partial charge in [0.1, 0.15) is 11.5 Å². The van der Waals surface area contributed by atoms with Gasteiger partial charge in [0, 0.05) is 42.5 Å². The molecule has 0 N–H and O–H groups in total. The zero-order valence-corrected chi connectivity index (χ0v) is 32.5. The van der Waals surface area contributed by atoms with Crippen molar-refractivity contribution in [3.63, 3.8) is 0 Å². The molecule has 1 aliphatic carbocycles. The molecule has 0 bridgehead atoms. The van der Waals surface area contributed by atoms with Crippen LogP contribution in [0.3, 0.4) is 0 Å². The largest absolute Gasteiger partial charge is 0.461 e.